The van der Waals surface area contributed by atoms with E-state index in [0.717, 1.165) is 31.2 Å². The van der Waals surface area contributed by atoms with Gasteiger partial charge in [-0.15, -0.1) is 0 Å². The molecule has 2 fully saturated rings. The van der Waals surface area contributed by atoms with Crippen LogP contribution in [0.4, 0.5) is 10.1 Å². The summed E-state index contributed by atoms with van der Waals surface area (Å²) in [5.41, 5.74) is 2.68. The van der Waals surface area contributed by atoms with Gasteiger partial charge in [0.1, 0.15) is 17.6 Å². The number of hydrogen-bond donors (Lipinski definition) is 1. The highest BCUT2D eigenvalue weighted by Crippen LogP contribution is 2.47. The van der Waals surface area contributed by atoms with Crippen LogP contribution in [0.15, 0.2) is 48.3 Å². The number of anilines is 1. The highest BCUT2D eigenvalue weighted by molar-refractivity contribution is 7.90. The minimum Gasteiger partial charge on any atom is -0.490 e. The molecule has 10 nitrogen and oxygen atoms in total. The van der Waals surface area contributed by atoms with Crippen molar-refractivity contribution in [1.29, 1.82) is 0 Å². The summed E-state index contributed by atoms with van der Waals surface area (Å²) >= 11 is 6.46. The van der Waals surface area contributed by atoms with E-state index in [9.17, 15) is 18.0 Å². The van der Waals surface area contributed by atoms with Crippen molar-refractivity contribution in [3.8, 4) is 5.75 Å². The quantitative estimate of drug-likeness (QED) is 0.451. The van der Waals surface area contributed by atoms with Crippen molar-refractivity contribution >= 4 is 39.1 Å². The van der Waals surface area contributed by atoms with Gasteiger partial charge in [0.2, 0.25) is 15.9 Å². The van der Waals surface area contributed by atoms with Gasteiger partial charge in [0.05, 0.1) is 23.7 Å². The van der Waals surface area contributed by atoms with Crippen molar-refractivity contribution in [1.82, 2.24) is 19.4 Å². The second-order valence-electron chi connectivity index (χ2n) is 14.9. The van der Waals surface area contributed by atoms with E-state index >= 15 is 4.39 Å². The molecule has 1 aliphatic carbocycles. The number of amides is 2. The molecule has 2 bridgehead atoms. The molecule has 2 saturated heterocycles. The molecule has 2 aromatic rings. The summed E-state index contributed by atoms with van der Waals surface area (Å²) in [5.74, 6) is -1.55. The molecule has 7 rings (SSSR count). The summed E-state index contributed by atoms with van der Waals surface area (Å²) in [6.45, 7) is 7.03. The molecule has 5 atom stereocenters. The van der Waals surface area contributed by atoms with Crippen LogP contribution >= 0.6 is 11.6 Å². The molecule has 1 spiro atoms. The molecule has 2 aromatic carbocycles. The third-order valence-corrected chi connectivity index (χ3v) is 13.9. The number of fused-ring (bicyclic) bond motifs is 5. The summed E-state index contributed by atoms with van der Waals surface area (Å²) < 4.78 is 52.6. The average Bonchev–Trinajstić information content (AvgIpc) is 3.50. The van der Waals surface area contributed by atoms with Gasteiger partial charge in [0.15, 0.2) is 0 Å². The van der Waals surface area contributed by atoms with Gasteiger partial charge in [-0.05, 0) is 99.9 Å². The standard InChI is InChI=1S/C37H47ClFN5O5S/c1-24-8-12-30(39)34(36(46)42-18-16-41(3)17-19-42)43-15-5-7-33(43)44-22-37(14-4-6-26-20-28(38)10-11-29(26)37)23-49-32-13-9-27(21-31(32)44)35(45)40-50(47,48)25(24)2/h9-13,20-21,24-25,33-34H,4-8,14-19,22-23H2,1-3H3,(H,40,45)/b30-12-/t24-,25+,33+,34+,37-/m0/s1. The Bertz CT molecular complexity index is 1800. The van der Waals surface area contributed by atoms with Crippen molar-refractivity contribution in [2.45, 2.75) is 75.2 Å². The number of sulfonamides is 1. The Kier molecular flexibility index (Phi) is 9.68. The third-order valence-electron chi connectivity index (χ3n) is 11.7. The molecule has 13 heteroatoms. The van der Waals surface area contributed by atoms with Gasteiger partial charge in [-0.2, -0.15) is 0 Å². The van der Waals surface area contributed by atoms with Gasteiger partial charge in [-0.25, -0.2) is 17.5 Å². The minimum atomic E-state index is -4.11. The molecule has 0 aromatic heterocycles. The number of rotatable bonds is 1. The fourth-order valence-corrected chi connectivity index (χ4v) is 9.99. The predicted molar refractivity (Wildman–Crippen MR) is 192 cm³/mol. The Morgan fingerprint density at radius 2 is 1.84 bits per heavy atom. The topological polar surface area (TPSA) is 102 Å². The maximum Gasteiger partial charge on any atom is 0.264 e. The Balaban J connectivity index is 1.38. The van der Waals surface area contributed by atoms with Crippen LogP contribution in [-0.2, 0) is 26.7 Å². The maximum absolute atomic E-state index is 16.9. The first-order chi connectivity index (χ1) is 23.9. The van der Waals surface area contributed by atoms with Gasteiger partial charge in [0, 0.05) is 55.3 Å². The minimum absolute atomic E-state index is 0.0883. The Morgan fingerprint density at radius 3 is 2.62 bits per heavy atom. The second kappa shape index (κ2) is 13.7. The van der Waals surface area contributed by atoms with Crippen LogP contribution in [0.1, 0.15) is 67.4 Å². The summed E-state index contributed by atoms with van der Waals surface area (Å²) in [5, 5.41) is -0.316. The van der Waals surface area contributed by atoms with Crippen LogP contribution in [0, 0.1) is 5.92 Å². The highest BCUT2D eigenvalue weighted by Gasteiger charge is 2.48. The molecule has 2 amide bonds. The van der Waals surface area contributed by atoms with Crippen molar-refractivity contribution in [2.75, 3.05) is 57.8 Å². The van der Waals surface area contributed by atoms with Crippen molar-refractivity contribution in [2.24, 2.45) is 5.92 Å². The number of halogens is 2. The van der Waals surface area contributed by atoms with Gasteiger partial charge in [-0.3, -0.25) is 14.5 Å². The zero-order chi connectivity index (χ0) is 35.4. The number of allylic oxidation sites excluding steroid dienone is 1. The number of piperazine rings is 1. The molecular formula is C37H47ClFN5O5S. The molecular weight excluding hydrogens is 681 g/mol. The number of ether oxygens (including phenoxy) is 1. The smallest absolute Gasteiger partial charge is 0.264 e. The Hall–Kier alpha value is -3.19. The molecule has 1 N–H and O–H groups in total. The Labute approximate surface area is 299 Å². The van der Waals surface area contributed by atoms with E-state index < -0.39 is 50.5 Å². The molecule has 4 aliphatic heterocycles. The van der Waals surface area contributed by atoms with E-state index in [0.29, 0.717) is 68.8 Å². The summed E-state index contributed by atoms with van der Waals surface area (Å²) in [6, 6.07) is 9.87. The summed E-state index contributed by atoms with van der Waals surface area (Å²) in [7, 11) is -2.10. The largest absolute Gasteiger partial charge is 0.490 e. The van der Waals surface area contributed by atoms with E-state index in [-0.39, 0.29) is 17.9 Å². The molecule has 270 valence electrons. The molecule has 0 radical (unpaired) electrons. The SMILES string of the molecule is C[C@@H]1[C@@H](C)C/C=C(\F)[C@H](C(=O)N2CCN(C)CC2)N2CCC[C@H]2N2C[C@@]3(CCCc4cc(Cl)ccc43)COc3ccc(cc32)C(=O)NS1(=O)=O. The fourth-order valence-electron chi connectivity index (χ4n) is 8.51. The molecule has 4 heterocycles. The van der Waals surface area contributed by atoms with Crippen LogP contribution in [-0.4, -0.2) is 105 Å². The van der Waals surface area contributed by atoms with Crippen LogP contribution in [0.25, 0.3) is 0 Å². The van der Waals surface area contributed by atoms with Crippen molar-refractivity contribution < 1.29 is 27.1 Å². The predicted octanol–water partition coefficient (Wildman–Crippen LogP) is 4.72. The summed E-state index contributed by atoms with van der Waals surface area (Å²) in [4.78, 5) is 36.2. The number of hydrogen-bond acceptors (Lipinski definition) is 8. The molecule has 0 saturated carbocycles. The molecule has 0 unspecified atom stereocenters. The lowest BCUT2D eigenvalue weighted by Crippen LogP contribution is -2.59. The number of likely N-dealkylation sites (N-methyl/N-ethyl adjacent to an activating group) is 1. The number of benzene rings is 2. The van der Waals surface area contributed by atoms with Gasteiger partial charge in [0.25, 0.3) is 5.91 Å². The average molecular weight is 728 g/mol. The number of carbonyl (C=O) groups is 2. The zero-order valence-corrected chi connectivity index (χ0v) is 30.6. The lowest BCUT2D eigenvalue weighted by atomic mass is 9.70. The zero-order valence-electron chi connectivity index (χ0n) is 29.0. The fraction of sp³-hybridized carbons (Fsp3) is 0.568. The van der Waals surface area contributed by atoms with E-state index in [2.05, 4.69) is 20.6 Å². The lowest BCUT2D eigenvalue weighted by Gasteiger charge is -2.46. The first kappa shape index (κ1) is 35.2. The first-order valence-corrected chi connectivity index (χ1v) is 19.8. The highest BCUT2D eigenvalue weighted by atomic mass is 35.5. The maximum atomic E-state index is 16.9. The number of nitrogens with zero attached hydrogens (tertiary/aromatic N) is 4. The first-order valence-electron chi connectivity index (χ1n) is 17.8. The van der Waals surface area contributed by atoms with Crippen LogP contribution in [0.5, 0.6) is 5.75 Å². The molecule has 5 aliphatic rings. The van der Waals surface area contributed by atoms with Crippen LogP contribution in [0.3, 0.4) is 0 Å². The van der Waals surface area contributed by atoms with Gasteiger partial charge < -0.3 is 19.4 Å². The number of carbonyl (C=O) groups excluding carboxylic acids is 2. The third kappa shape index (κ3) is 6.52. The second-order valence-corrected chi connectivity index (χ2v) is 17.4. The lowest BCUT2D eigenvalue weighted by molar-refractivity contribution is -0.138. The van der Waals surface area contributed by atoms with Gasteiger partial charge >= 0.3 is 0 Å². The normalized spacial score (nSPS) is 31.6. The van der Waals surface area contributed by atoms with E-state index in [1.165, 1.54) is 18.6 Å². The van der Waals surface area contributed by atoms with E-state index in [4.69, 9.17) is 16.3 Å². The Morgan fingerprint density at radius 1 is 1.06 bits per heavy atom. The van der Waals surface area contributed by atoms with Crippen molar-refractivity contribution in [3.05, 3.63) is 70.0 Å². The monoisotopic (exact) mass is 727 g/mol. The molecule has 50 heavy (non-hydrogen) atoms. The van der Waals surface area contributed by atoms with Crippen LogP contribution in [0.2, 0.25) is 5.02 Å². The number of aryl methyl sites for hydroxylation is 1. The van der Waals surface area contributed by atoms with Crippen LogP contribution < -0.4 is 14.4 Å². The van der Waals surface area contributed by atoms with E-state index in [1.54, 1.807) is 30.0 Å². The van der Waals surface area contributed by atoms with Crippen molar-refractivity contribution in [3.63, 3.8) is 0 Å². The van der Waals surface area contributed by atoms with Gasteiger partial charge in [-0.1, -0.05) is 30.7 Å². The summed E-state index contributed by atoms with van der Waals surface area (Å²) in [6.07, 6.45) is 5.18. The number of nitrogens with one attached hydrogen (secondary N) is 1. The van der Waals surface area contributed by atoms with E-state index in [1.807, 2.05) is 24.1 Å².